The first-order valence-electron chi connectivity index (χ1n) is 3.53. The molecule has 1 unspecified atom stereocenters. The molecule has 0 saturated heterocycles. The Morgan fingerprint density at radius 3 is 2.78 bits per heavy atom. The first kappa shape index (κ1) is 6.41. The monoisotopic (exact) mass is 124 g/mol. The zero-order valence-electron chi connectivity index (χ0n) is 5.72. The summed E-state index contributed by atoms with van der Waals surface area (Å²) in [5, 5.41) is 11.1. The van der Waals surface area contributed by atoms with Crippen molar-refractivity contribution in [2.45, 2.75) is 32.2 Å². The van der Waals surface area contributed by atoms with Gasteiger partial charge in [0.2, 0.25) is 0 Å². The lowest BCUT2D eigenvalue weighted by atomic mass is 10.1. The Hall–Kier alpha value is -0.710. The Morgan fingerprint density at radius 1 is 1.78 bits per heavy atom. The van der Waals surface area contributed by atoms with E-state index in [-0.39, 0.29) is 0 Å². The fourth-order valence-electron chi connectivity index (χ4n) is 1.13. The zero-order chi connectivity index (χ0) is 6.69. The van der Waals surface area contributed by atoms with E-state index in [1.54, 1.807) is 0 Å². The van der Waals surface area contributed by atoms with Gasteiger partial charge in [-0.1, -0.05) is 6.92 Å². The Bertz CT molecular complexity index is 121. The van der Waals surface area contributed by atoms with Crippen molar-refractivity contribution in [3.05, 3.63) is 0 Å². The summed E-state index contributed by atoms with van der Waals surface area (Å²) < 4.78 is 0. The molecule has 2 nitrogen and oxygen atoms in total. The molecule has 1 saturated carbocycles. The highest BCUT2D eigenvalue weighted by molar-refractivity contribution is 4.88. The van der Waals surface area contributed by atoms with Crippen molar-refractivity contribution in [2.24, 2.45) is 5.92 Å². The van der Waals surface area contributed by atoms with Crippen LogP contribution in [0.2, 0.25) is 0 Å². The summed E-state index contributed by atoms with van der Waals surface area (Å²) in [5.41, 5.74) is 0. The lowest BCUT2D eigenvalue weighted by molar-refractivity contribution is 0.514. The molecular formula is C7H12N2. The van der Waals surface area contributed by atoms with Gasteiger partial charge in [-0.3, -0.25) is 0 Å². The van der Waals surface area contributed by atoms with Gasteiger partial charge in [-0.25, -0.2) is 0 Å². The van der Waals surface area contributed by atoms with Crippen molar-refractivity contribution in [3.8, 4) is 6.19 Å². The van der Waals surface area contributed by atoms with Gasteiger partial charge in [0.1, 0.15) is 0 Å². The summed E-state index contributed by atoms with van der Waals surface area (Å²) >= 11 is 0. The van der Waals surface area contributed by atoms with Crippen LogP contribution in [-0.4, -0.2) is 6.04 Å². The quantitative estimate of drug-likeness (QED) is 0.454. The molecule has 1 rings (SSSR count). The van der Waals surface area contributed by atoms with Crippen LogP contribution in [0.1, 0.15) is 26.2 Å². The SMILES string of the molecule is CCC(NC#N)C1CC1. The number of hydrogen-bond acceptors (Lipinski definition) is 2. The zero-order valence-corrected chi connectivity index (χ0v) is 5.72. The van der Waals surface area contributed by atoms with Gasteiger partial charge >= 0.3 is 0 Å². The number of nitrogens with one attached hydrogen (secondary N) is 1. The molecule has 2 heteroatoms. The third kappa shape index (κ3) is 1.60. The van der Waals surface area contributed by atoms with Crippen LogP contribution in [0.5, 0.6) is 0 Å². The molecule has 1 aliphatic rings. The van der Waals surface area contributed by atoms with Crippen molar-refractivity contribution >= 4 is 0 Å². The standard InChI is InChI=1S/C7H12N2/c1-2-7(9-5-8)6-3-4-6/h6-7,9H,2-4H2,1H3. The third-order valence-electron chi connectivity index (χ3n) is 1.88. The second kappa shape index (κ2) is 2.72. The third-order valence-corrected chi connectivity index (χ3v) is 1.88. The molecular weight excluding hydrogens is 112 g/mol. The average Bonchev–Trinajstić information content (AvgIpc) is 2.64. The van der Waals surface area contributed by atoms with Crippen LogP contribution in [0.4, 0.5) is 0 Å². The molecule has 0 aromatic heterocycles. The minimum absolute atomic E-state index is 0.468. The molecule has 50 valence electrons. The van der Waals surface area contributed by atoms with Crippen molar-refractivity contribution in [1.82, 2.24) is 5.32 Å². The summed E-state index contributed by atoms with van der Waals surface area (Å²) in [7, 11) is 0. The molecule has 0 aromatic carbocycles. The summed E-state index contributed by atoms with van der Waals surface area (Å²) in [6, 6.07) is 0.468. The lowest BCUT2D eigenvalue weighted by Gasteiger charge is -2.09. The van der Waals surface area contributed by atoms with Gasteiger partial charge in [-0.15, -0.1) is 0 Å². The van der Waals surface area contributed by atoms with Crippen LogP contribution >= 0.6 is 0 Å². The minimum Gasteiger partial charge on any atom is -0.321 e. The van der Waals surface area contributed by atoms with Crippen LogP contribution in [0.3, 0.4) is 0 Å². The van der Waals surface area contributed by atoms with Crippen molar-refractivity contribution in [1.29, 1.82) is 5.26 Å². The van der Waals surface area contributed by atoms with E-state index < -0.39 is 0 Å². The highest BCUT2D eigenvalue weighted by Gasteiger charge is 2.29. The van der Waals surface area contributed by atoms with E-state index in [4.69, 9.17) is 5.26 Å². The molecule has 1 N–H and O–H groups in total. The summed E-state index contributed by atoms with van der Waals surface area (Å²) in [6.07, 6.45) is 5.70. The number of rotatable bonds is 3. The fourth-order valence-corrected chi connectivity index (χ4v) is 1.13. The lowest BCUT2D eigenvalue weighted by Crippen LogP contribution is -2.25. The molecule has 9 heavy (non-hydrogen) atoms. The van der Waals surface area contributed by atoms with Gasteiger partial charge in [0, 0.05) is 6.04 Å². The highest BCUT2D eigenvalue weighted by Crippen LogP contribution is 2.33. The minimum atomic E-state index is 0.468. The molecule has 0 radical (unpaired) electrons. The molecule has 1 atom stereocenters. The molecule has 1 fully saturated rings. The first-order valence-corrected chi connectivity index (χ1v) is 3.53. The average molecular weight is 124 g/mol. The molecule has 0 amide bonds. The van der Waals surface area contributed by atoms with Gasteiger partial charge in [0.15, 0.2) is 6.19 Å². The van der Waals surface area contributed by atoms with Gasteiger partial charge in [-0.05, 0) is 25.2 Å². The van der Waals surface area contributed by atoms with Crippen molar-refractivity contribution in [3.63, 3.8) is 0 Å². The van der Waals surface area contributed by atoms with E-state index in [0.29, 0.717) is 6.04 Å². The van der Waals surface area contributed by atoms with E-state index in [1.807, 2.05) is 6.19 Å². The highest BCUT2D eigenvalue weighted by atomic mass is 14.9. The predicted molar refractivity (Wildman–Crippen MR) is 35.6 cm³/mol. The van der Waals surface area contributed by atoms with E-state index in [1.165, 1.54) is 12.8 Å². The largest absolute Gasteiger partial charge is 0.321 e. The molecule has 0 aromatic rings. The number of nitrogens with zero attached hydrogens (tertiary/aromatic N) is 1. The Labute approximate surface area is 55.9 Å². The first-order chi connectivity index (χ1) is 4.38. The number of hydrogen-bond donors (Lipinski definition) is 1. The van der Waals surface area contributed by atoms with Gasteiger partial charge in [0.05, 0.1) is 0 Å². The van der Waals surface area contributed by atoms with Crippen LogP contribution in [-0.2, 0) is 0 Å². The molecule has 0 spiro atoms. The van der Waals surface area contributed by atoms with Crippen molar-refractivity contribution in [2.75, 3.05) is 0 Å². The second-order valence-corrected chi connectivity index (χ2v) is 2.61. The smallest absolute Gasteiger partial charge is 0.176 e. The van der Waals surface area contributed by atoms with Crippen LogP contribution in [0.25, 0.3) is 0 Å². The van der Waals surface area contributed by atoms with E-state index in [0.717, 1.165) is 12.3 Å². The van der Waals surface area contributed by atoms with E-state index in [9.17, 15) is 0 Å². The second-order valence-electron chi connectivity index (χ2n) is 2.61. The molecule has 1 aliphatic carbocycles. The predicted octanol–water partition coefficient (Wildman–Crippen LogP) is 1.25. The molecule has 0 aliphatic heterocycles. The normalized spacial score (nSPS) is 20.4. The summed E-state index contributed by atoms with van der Waals surface area (Å²) in [6.45, 7) is 2.12. The van der Waals surface area contributed by atoms with Gasteiger partial charge < -0.3 is 5.32 Å². The maximum atomic E-state index is 8.28. The van der Waals surface area contributed by atoms with Crippen molar-refractivity contribution < 1.29 is 0 Å². The number of nitriles is 1. The Kier molecular flexibility index (Phi) is 1.94. The van der Waals surface area contributed by atoms with Crippen LogP contribution in [0, 0.1) is 17.4 Å². The maximum Gasteiger partial charge on any atom is 0.176 e. The van der Waals surface area contributed by atoms with E-state index >= 15 is 0 Å². The molecule has 0 heterocycles. The van der Waals surface area contributed by atoms with Crippen LogP contribution < -0.4 is 5.32 Å². The Balaban J connectivity index is 2.22. The summed E-state index contributed by atoms with van der Waals surface area (Å²) in [4.78, 5) is 0. The molecule has 0 bridgehead atoms. The van der Waals surface area contributed by atoms with Crippen LogP contribution in [0.15, 0.2) is 0 Å². The van der Waals surface area contributed by atoms with Gasteiger partial charge in [-0.2, -0.15) is 5.26 Å². The topological polar surface area (TPSA) is 35.8 Å². The van der Waals surface area contributed by atoms with Gasteiger partial charge in [0.25, 0.3) is 0 Å². The summed E-state index contributed by atoms with van der Waals surface area (Å²) in [5.74, 6) is 0.801. The fraction of sp³-hybridized carbons (Fsp3) is 0.857. The Morgan fingerprint density at radius 2 is 2.44 bits per heavy atom. The van der Waals surface area contributed by atoms with E-state index in [2.05, 4.69) is 12.2 Å². The maximum absolute atomic E-state index is 8.28.